The van der Waals surface area contributed by atoms with E-state index in [9.17, 15) is 54.7 Å². The Morgan fingerprint density at radius 2 is 1.07 bits per heavy atom. The number of nitrogens with one attached hydrogen (secondary N) is 4. The van der Waals surface area contributed by atoms with E-state index in [1.54, 1.807) is 103 Å². The minimum Gasteiger partial charge on any atom is -0.372 e. The molecule has 0 saturated carbocycles. The average Bonchev–Trinajstić information content (AvgIpc) is 1.60. The molecule has 5 aromatic carbocycles. The van der Waals surface area contributed by atoms with Crippen LogP contribution in [-0.2, 0) is 45.2 Å². The largest absolute Gasteiger partial charge is 0.372 e. The maximum Gasteiger partial charge on any atom is 0.296 e. The van der Waals surface area contributed by atoms with Crippen molar-refractivity contribution in [3.8, 4) is 0 Å². The van der Waals surface area contributed by atoms with Crippen molar-refractivity contribution in [3.63, 3.8) is 0 Å². The lowest BCUT2D eigenvalue weighted by atomic mass is 10.1. The molecule has 10 N–H and O–H groups in total. The number of para-hydroxylation sites is 2. The number of thioether (sulfide) groups is 1. The van der Waals surface area contributed by atoms with Gasteiger partial charge in [-0.05, 0) is 138 Å². The zero-order chi connectivity index (χ0) is 68.0. The van der Waals surface area contributed by atoms with Crippen LogP contribution < -0.4 is 42.5 Å². The van der Waals surface area contributed by atoms with Gasteiger partial charge < -0.3 is 42.5 Å². The molecule has 0 spiro atoms. The molecule has 8 rings (SSSR count). The molecule has 3 heterocycles. The monoisotopic (exact) mass is 1370 g/mol. The minimum atomic E-state index is -5.33. The van der Waals surface area contributed by atoms with Gasteiger partial charge in [0.25, 0.3) is 43.9 Å². The third-order valence-electron chi connectivity index (χ3n) is 13.6. The standard InChI is InChI=1S/C62H61N15O12S5/c1-7-76(8-2)40-24-26-47(72-74-58-46(54(63)80)32-42(91-58)31-44(35(5)78)56(82)65-38-19-13-11-14-20-38)49(29-40)67-60-69-61(71-62(70-60)90-34-37-18-17-23-43(28-37)93(84,85)86)68-50-30-41(77(9-3)10-4)25-27-48(50)73-75-59-52(55(64)81)53(94(87,88)89)51(92-59)33-45(36(6)79)57(83)66-39-21-15-12-16-22-39/h11-33H,7-10,34H2,1-6H3,(H2,63,80)(H2,64,81)(H,65,82)(H,66,83)(H,84,85,86)(H,87,88,89)(H2,67,68,69,70,71)/b44-31+,45-33-,74-72?,75-73?. The van der Waals surface area contributed by atoms with E-state index in [0.29, 0.717) is 65.0 Å². The third kappa shape index (κ3) is 17.9. The van der Waals surface area contributed by atoms with E-state index in [1.165, 1.54) is 37.3 Å². The fourth-order valence-corrected chi connectivity index (χ4v) is 13.6. The molecule has 0 aliphatic heterocycles. The second kappa shape index (κ2) is 30.9. The highest BCUT2D eigenvalue weighted by atomic mass is 32.2. The van der Waals surface area contributed by atoms with Crippen LogP contribution in [0.1, 0.15) is 77.6 Å². The van der Waals surface area contributed by atoms with Crippen molar-refractivity contribution in [3.05, 3.63) is 165 Å². The van der Waals surface area contributed by atoms with Gasteiger partial charge in [0.1, 0.15) is 16.3 Å². The summed E-state index contributed by atoms with van der Waals surface area (Å²) < 4.78 is 71.0. The normalized spacial score (nSPS) is 12.0. The zero-order valence-corrected chi connectivity index (χ0v) is 55.1. The fraction of sp³-hybridized carbons (Fsp3) is 0.177. The predicted molar refractivity (Wildman–Crippen MR) is 364 cm³/mol. The van der Waals surface area contributed by atoms with E-state index in [4.69, 9.17) is 26.4 Å². The summed E-state index contributed by atoms with van der Waals surface area (Å²) in [6, 6.07) is 33.8. The van der Waals surface area contributed by atoms with Gasteiger partial charge in [0.2, 0.25) is 11.9 Å². The lowest BCUT2D eigenvalue weighted by Crippen LogP contribution is -2.21. The van der Waals surface area contributed by atoms with Crippen molar-refractivity contribution in [2.24, 2.45) is 31.9 Å². The van der Waals surface area contributed by atoms with Crippen LogP contribution >= 0.6 is 34.4 Å². The van der Waals surface area contributed by atoms with Crippen LogP contribution in [0.5, 0.6) is 0 Å². The molecular weight excluding hydrogens is 1310 g/mol. The number of nitrogens with two attached hydrogens (primary N) is 2. The van der Waals surface area contributed by atoms with Gasteiger partial charge in [0.15, 0.2) is 26.7 Å². The first-order chi connectivity index (χ1) is 44.8. The second-order valence-corrected chi connectivity index (χ2v) is 25.8. The van der Waals surface area contributed by atoms with Crippen molar-refractivity contribution in [2.45, 2.75) is 62.2 Å². The molecule has 0 fully saturated rings. The number of carbonyl (C=O) groups excluding carboxylic acids is 6. The van der Waals surface area contributed by atoms with Gasteiger partial charge in [-0.1, -0.05) is 60.3 Å². The van der Waals surface area contributed by atoms with Gasteiger partial charge in [-0.2, -0.15) is 31.8 Å². The van der Waals surface area contributed by atoms with E-state index < -0.39 is 81.3 Å². The molecule has 0 aliphatic rings. The maximum absolute atomic E-state index is 13.5. The number of rotatable bonds is 29. The molecule has 3 aromatic heterocycles. The predicted octanol–water partition coefficient (Wildman–Crippen LogP) is 12.2. The van der Waals surface area contributed by atoms with E-state index >= 15 is 0 Å². The number of primary amides is 2. The Balaban J connectivity index is 1.24. The van der Waals surface area contributed by atoms with Gasteiger partial charge in [0, 0.05) is 59.6 Å². The van der Waals surface area contributed by atoms with Crippen LogP contribution in [0.3, 0.4) is 0 Å². The highest BCUT2D eigenvalue weighted by Gasteiger charge is 2.32. The molecule has 0 bridgehead atoms. The van der Waals surface area contributed by atoms with Gasteiger partial charge in [-0.3, -0.25) is 37.9 Å². The van der Waals surface area contributed by atoms with Crippen LogP contribution in [0.4, 0.5) is 67.4 Å². The number of hydrogen-bond donors (Lipinski definition) is 8. The lowest BCUT2D eigenvalue weighted by molar-refractivity contribution is -0.120. The van der Waals surface area contributed by atoms with E-state index in [1.807, 2.05) is 32.6 Å². The quantitative estimate of drug-likeness (QED) is 0.00539. The van der Waals surface area contributed by atoms with Crippen LogP contribution in [0, 0.1) is 0 Å². The van der Waals surface area contributed by atoms with Crippen molar-refractivity contribution in [2.75, 3.05) is 57.2 Å². The number of ketones is 2. The topological polar surface area (TPSA) is 406 Å². The van der Waals surface area contributed by atoms with E-state index in [0.717, 1.165) is 41.8 Å². The summed E-state index contributed by atoms with van der Waals surface area (Å²) in [5, 5.41) is 29.1. The molecule has 8 aromatic rings. The molecule has 4 amide bonds. The molecule has 486 valence electrons. The maximum atomic E-state index is 13.5. The molecule has 27 nitrogen and oxygen atoms in total. The summed E-state index contributed by atoms with van der Waals surface area (Å²) in [5.41, 5.74) is 13.3. The lowest BCUT2D eigenvalue weighted by Gasteiger charge is -2.22. The molecular formula is C62H61N15O12S5. The molecule has 0 aliphatic carbocycles. The summed E-state index contributed by atoms with van der Waals surface area (Å²) in [6.45, 7) is 12.4. The molecule has 94 heavy (non-hydrogen) atoms. The van der Waals surface area contributed by atoms with Crippen LogP contribution in [-0.4, -0.2) is 102 Å². The molecule has 0 atom stereocenters. The third-order valence-corrected chi connectivity index (χ3v) is 18.5. The van der Waals surface area contributed by atoms with Gasteiger partial charge in [-0.15, -0.1) is 43.1 Å². The minimum absolute atomic E-state index is 0.0354. The van der Waals surface area contributed by atoms with Crippen molar-refractivity contribution in [1.82, 2.24) is 15.0 Å². The van der Waals surface area contributed by atoms with Gasteiger partial charge >= 0.3 is 0 Å². The van der Waals surface area contributed by atoms with Crippen molar-refractivity contribution >= 4 is 169 Å². The number of anilines is 8. The molecule has 32 heteroatoms. The van der Waals surface area contributed by atoms with Crippen LogP contribution in [0.15, 0.2) is 174 Å². The Labute approximate surface area is 552 Å². The number of thiophene rings is 2. The van der Waals surface area contributed by atoms with Crippen LogP contribution in [0.25, 0.3) is 12.2 Å². The Hall–Kier alpha value is -10.2. The number of benzene rings is 5. The second-order valence-electron chi connectivity index (χ2n) is 20.0. The Morgan fingerprint density at radius 1 is 0.574 bits per heavy atom. The summed E-state index contributed by atoms with van der Waals surface area (Å²) in [4.78, 5) is 95.5. The zero-order valence-electron chi connectivity index (χ0n) is 51.0. The number of azo groups is 2. The summed E-state index contributed by atoms with van der Waals surface area (Å²) >= 11 is 2.48. The molecule has 0 saturated heterocycles. The van der Waals surface area contributed by atoms with Crippen molar-refractivity contribution < 1.29 is 54.7 Å². The first kappa shape index (κ1) is 69.7. The number of nitrogens with zero attached hydrogens (tertiary/aromatic N) is 9. The number of Topliss-reactive ketones (excluding diaryl/α,β-unsaturated/α-hetero) is 2. The summed E-state index contributed by atoms with van der Waals surface area (Å²) in [6.07, 6.45) is 2.22. The summed E-state index contributed by atoms with van der Waals surface area (Å²) in [5.74, 6) is -5.35. The van der Waals surface area contributed by atoms with Gasteiger partial charge in [0.05, 0.1) is 43.4 Å². The number of aromatic nitrogens is 3. The number of hydrogen-bond acceptors (Lipinski definition) is 24. The highest BCUT2D eigenvalue weighted by Crippen LogP contribution is 2.43. The fourth-order valence-electron chi connectivity index (χ4n) is 9.06. The molecule has 0 radical (unpaired) electrons. The number of carbonyl (C=O) groups is 6. The van der Waals surface area contributed by atoms with E-state index in [2.05, 4.69) is 46.6 Å². The number of amides is 4. The smallest absolute Gasteiger partial charge is 0.296 e. The first-order valence-corrected chi connectivity index (χ1v) is 33.9. The van der Waals surface area contributed by atoms with Crippen molar-refractivity contribution in [1.29, 1.82) is 0 Å². The highest BCUT2D eigenvalue weighted by molar-refractivity contribution is 7.98. The average molecular weight is 1370 g/mol. The van der Waals surface area contributed by atoms with E-state index in [-0.39, 0.29) is 66.6 Å². The van der Waals surface area contributed by atoms with Gasteiger partial charge in [-0.25, -0.2) is 0 Å². The summed E-state index contributed by atoms with van der Waals surface area (Å²) in [7, 11) is -9.91. The Bertz CT molecular complexity index is 4590. The van der Waals surface area contributed by atoms with Crippen LogP contribution in [0.2, 0.25) is 0 Å². The Kier molecular flexibility index (Phi) is 22.9. The molecule has 0 unspecified atom stereocenters. The SMILES string of the molecule is CCN(CC)c1ccc(N=Nc2sc(/C=C(\C(C)=O)C(=O)Nc3ccccc3)cc2C(N)=O)c(Nc2nc(Nc3cc(N(CC)CC)ccc3N=Nc3sc(/C=C(/C(C)=O)C(=O)Nc4ccccc4)c(S(=O)(=O)O)c3C(N)=O)nc(SCc3cccc(S(=O)(=O)O)c3)n2)c1. The first-order valence-electron chi connectivity index (χ1n) is 28.4. The Morgan fingerprint density at radius 3 is 1.53 bits per heavy atom.